The van der Waals surface area contributed by atoms with Gasteiger partial charge in [-0.25, -0.2) is 4.79 Å². The minimum absolute atomic E-state index is 0.0777. The van der Waals surface area contributed by atoms with Crippen molar-refractivity contribution in [2.75, 3.05) is 7.11 Å². The second-order valence-electron chi connectivity index (χ2n) is 2.69. The summed E-state index contributed by atoms with van der Waals surface area (Å²) in [6.45, 7) is 1.66. The van der Waals surface area contributed by atoms with Crippen molar-refractivity contribution in [2.24, 2.45) is 0 Å². The Bertz CT molecular complexity index is 465. The Hall–Kier alpha value is -2.02. The third kappa shape index (κ3) is 1.67. The number of pyridine rings is 1. The highest BCUT2D eigenvalue weighted by Gasteiger charge is 2.12. The fourth-order valence-corrected chi connectivity index (χ4v) is 1.03. The van der Waals surface area contributed by atoms with Crippen molar-refractivity contribution in [3.8, 4) is 12.3 Å². The molecule has 0 aliphatic carbocycles. The van der Waals surface area contributed by atoms with Crippen LogP contribution in [0.3, 0.4) is 0 Å². The number of hydrogen-bond donors (Lipinski definition) is 1. The van der Waals surface area contributed by atoms with E-state index in [0.717, 1.165) is 0 Å². The Morgan fingerprint density at radius 3 is 2.79 bits per heavy atom. The summed E-state index contributed by atoms with van der Waals surface area (Å²) >= 11 is 0. The average molecular weight is 191 g/mol. The lowest BCUT2D eigenvalue weighted by Crippen LogP contribution is -2.20. The van der Waals surface area contributed by atoms with Gasteiger partial charge in [-0.05, 0) is 13.0 Å². The van der Waals surface area contributed by atoms with Crippen LogP contribution < -0.4 is 5.56 Å². The van der Waals surface area contributed by atoms with Gasteiger partial charge >= 0.3 is 5.97 Å². The molecule has 14 heavy (non-hydrogen) atoms. The summed E-state index contributed by atoms with van der Waals surface area (Å²) in [5.41, 5.74) is 0.467. The van der Waals surface area contributed by atoms with E-state index in [4.69, 9.17) is 6.42 Å². The highest BCUT2D eigenvalue weighted by Crippen LogP contribution is 2.03. The van der Waals surface area contributed by atoms with Gasteiger partial charge in [0, 0.05) is 11.3 Å². The van der Waals surface area contributed by atoms with Crippen molar-refractivity contribution in [2.45, 2.75) is 6.92 Å². The van der Waals surface area contributed by atoms with E-state index >= 15 is 0 Å². The summed E-state index contributed by atoms with van der Waals surface area (Å²) < 4.78 is 4.43. The first-order valence-electron chi connectivity index (χ1n) is 3.89. The van der Waals surface area contributed by atoms with Gasteiger partial charge in [-0.3, -0.25) is 4.79 Å². The van der Waals surface area contributed by atoms with E-state index in [1.165, 1.54) is 13.2 Å². The third-order valence-corrected chi connectivity index (χ3v) is 1.80. The van der Waals surface area contributed by atoms with Crippen LogP contribution in [0.15, 0.2) is 10.9 Å². The molecule has 1 heterocycles. The van der Waals surface area contributed by atoms with Gasteiger partial charge in [-0.2, -0.15) is 0 Å². The van der Waals surface area contributed by atoms with Crippen LogP contribution in [0.1, 0.15) is 21.6 Å². The number of carbonyl (C=O) groups is 1. The zero-order valence-electron chi connectivity index (χ0n) is 7.88. The second kappa shape index (κ2) is 3.79. The number of ether oxygens (including phenoxy) is 1. The highest BCUT2D eigenvalue weighted by atomic mass is 16.5. The van der Waals surface area contributed by atoms with Gasteiger partial charge in [0.25, 0.3) is 5.56 Å². The van der Waals surface area contributed by atoms with Crippen molar-refractivity contribution in [3.05, 3.63) is 33.2 Å². The number of hydrogen-bond acceptors (Lipinski definition) is 3. The molecule has 1 rings (SSSR count). The van der Waals surface area contributed by atoms with Crippen molar-refractivity contribution in [1.29, 1.82) is 0 Å². The van der Waals surface area contributed by atoms with Crippen molar-refractivity contribution >= 4 is 5.97 Å². The zero-order chi connectivity index (χ0) is 10.7. The molecule has 0 spiro atoms. The lowest BCUT2D eigenvalue weighted by molar-refractivity contribution is 0.0598. The van der Waals surface area contributed by atoms with Crippen LogP contribution in [0.5, 0.6) is 0 Å². The Balaban J connectivity index is 3.41. The number of rotatable bonds is 1. The van der Waals surface area contributed by atoms with E-state index < -0.39 is 11.5 Å². The first-order valence-corrected chi connectivity index (χ1v) is 3.89. The number of esters is 1. The SMILES string of the molecule is C#Cc1cc(C(=O)OC)c(=O)[nH]c1C. The summed E-state index contributed by atoms with van der Waals surface area (Å²) in [5, 5.41) is 0. The van der Waals surface area contributed by atoms with Gasteiger partial charge in [0.2, 0.25) is 0 Å². The summed E-state index contributed by atoms with van der Waals surface area (Å²) in [6, 6.07) is 1.35. The molecule has 0 unspecified atom stereocenters. The predicted octanol–water partition coefficient (Wildman–Crippen LogP) is 0.451. The molecular weight excluding hydrogens is 182 g/mol. The van der Waals surface area contributed by atoms with E-state index in [0.29, 0.717) is 11.3 Å². The molecule has 0 aliphatic rings. The molecule has 0 amide bonds. The molecule has 0 atom stereocenters. The van der Waals surface area contributed by atoms with E-state index in [2.05, 4.69) is 15.6 Å². The van der Waals surface area contributed by atoms with E-state index in [9.17, 15) is 9.59 Å². The second-order valence-corrected chi connectivity index (χ2v) is 2.69. The number of aromatic amines is 1. The van der Waals surface area contributed by atoms with Crippen LogP contribution in [0, 0.1) is 19.3 Å². The van der Waals surface area contributed by atoms with Crippen LogP contribution in [-0.2, 0) is 4.74 Å². The Labute approximate surface area is 80.9 Å². The predicted molar refractivity (Wildman–Crippen MR) is 51.1 cm³/mol. The van der Waals surface area contributed by atoms with Crippen molar-refractivity contribution in [1.82, 2.24) is 4.98 Å². The quantitative estimate of drug-likeness (QED) is 0.518. The number of aromatic nitrogens is 1. The average Bonchev–Trinajstić information content (AvgIpc) is 2.17. The molecule has 0 fully saturated rings. The van der Waals surface area contributed by atoms with E-state index in [-0.39, 0.29) is 5.56 Å². The molecule has 0 radical (unpaired) electrons. The molecule has 0 saturated heterocycles. The molecule has 1 aromatic heterocycles. The van der Waals surface area contributed by atoms with E-state index in [1.807, 2.05) is 0 Å². The molecule has 1 N–H and O–H groups in total. The van der Waals surface area contributed by atoms with Crippen LogP contribution in [0.2, 0.25) is 0 Å². The molecular formula is C10H9NO3. The molecule has 0 bridgehead atoms. The fourth-order valence-electron chi connectivity index (χ4n) is 1.03. The molecule has 0 aliphatic heterocycles. The maximum Gasteiger partial charge on any atom is 0.343 e. The third-order valence-electron chi connectivity index (χ3n) is 1.80. The van der Waals surface area contributed by atoms with Gasteiger partial charge in [-0.1, -0.05) is 5.92 Å². The molecule has 0 saturated carbocycles. The summed E-state index contributed by atoms with van der Waals surface area (Å²) in [7, 11) is 1.21. The standard InChI is InChI=1S/C10H9NO3/c1-4-7-5-8(10(13)14-3)9(12)11-6(7)2/h1,5H,2-3H3,(H,11,12). The largest absolute Gasteiger partial charge is 0.465 e. The molecule has 4 heteroatoms. The van der Waals surface area contributed by atoms with Crippen LogP contribution >= 0.6 is 0 Å². The minimum Gasteiger partial charge on any atom is -0.465 e. The number of nitrogens with one attached hydrogen (secondary N) is 1. The number of carbonyl (C=O) groups excluding carboxylic acids is 1. The van der Waals surface area contributed by atoms with Crippen LogP contribution in [-0.4, -0.2) is 18.1 Å². The van der Waals surface area contributed by atoms with Gasteiger partial charge in [0.15, 0.2) is 0 Å². The first kappa shape index (κ1) is 10.1. The molecule has 72 valence electrons. The van der Waals surface area contributed by atoms with Crippen LogP contribution in [0.4, 0.5) is 0 Å². The van der Waals surface area contributed by atoms with E-state index in [1.54, 1.807) is 6.92 Å². The summed E-state index contributed by atoms with van der Waals surface area (Å²) in [4.78, 5) is 24.9. The topological polar surface area (TPSA) is 59.2 Å². The lowest BCUT2D eigenvalue weighted by Gasteiger charge is -2.01. The van der Waals surface area contributed by atoms with Crippen molar-refractivity contribution in [3.63, 3.8) is 0 Å². The monoisotopic (exact) mass is 191 g/mol. The maximum absolute atomic E-state index is 11.3. The van der Waals surface area contributed by atoms with Crippen molar-refractivity contribution < 1.29 is 9.53 Å². The maximum atomic E-state index is 11.3. The van der Waals surface area contributed by atoms with Gasteiger partial charge in [0.1, 0.15) is 5.56 Å². The first-order chi connectivity index (χ1) is 6.60. The Morgan fingerprint density at radius 1 is 1.64 bits per heavy atom. The van der Waals surface area contributed by atoms with Gasteiger partial charge in [0.05, 0.1) is 7.11 Å². The number of terminal acetylenes is 1. The minimum atomic E-state index is -0.692. The Kier molecular flexibility index (Phi) is 2.73. The smallest absolute Gasteiger partial charge is 0.343 e. The fraction of sp³-hybridized carbons (Fsp3) is 0.200. The summed E-state index contributed by atoms with van der Waals surface area (Å²) in [5.74, 6) is 1.67. The molecule has 4 nitrogen and oxygen atoms in total. The molecule has 1 aromatic rings. The van der Waals surface area contributed by atoms with Gasteiger partial charge in [-0.15, -0.1) is 6.42 Å². The highest BCUT2D eigenvalue weighted by molar-refractivity contribution is 5.89. The normalized spacial score (nSPS) is 9.21. The Morgan fingerprint density at radius 2 is 2.29 bits per heavy atom. The lowest BCUT2D eigenvalue weighted by atomic mass is 10.1. The summed E-state index contributed by atoms with van der Waals surface area (Å²) in [6.07, 6.45) is 5.19. The zero-order valence-corrected chi connectivity index (χ0v) is 7.88. The van der Waals surface area contributed by atoms with Crippen LogP contribution in [0.25, 0.3) is 0 Å². The van der Waals surface area contributed by atoms with Gasteiger partial charge < -0.3 is 9.72 Å². The number of H-pyrrole nitrogens is 1. The number of aryl methyl sites for hydroxylation is 1. The number of methoxy groups -OCH3 is 1. The molecule has 0 aromatic carbocycles.